The molecule has 0 heterocycles. The average molecular weight is 196 g/mol. The monoisotopic (exact) mass is 196 g/mol. The van der Waals surface area contributed by atoms with E-state index in [-0.39, 0.29) is 19.0 Å². The van der Waals surface area contributed by atoms with E-state index >= 15 is 0 Å². The molecule has 1 aromatic carbocycles. The Morgan fingerprint density at radius 2 is 1.29 bits per heavy atom. The van der Waals surface area contributed by atoms with Gasteiger partial charge < -0.3 is 15.3 Å². The summed E-state index contributed by atoms with van der Waals surface area (Å²) in [6.45, 7) is 5.16. The summed E-state index contributed by atoms with van der Waals surface area (Å²) in [5.74, 6) is 0.139. The van der Waals surface area contributed by atoms with E-state index in [0.717, 1.165) is 22.3 Å². The van der Waals surface area contributed by atoms with E-state index in [4.69, 9.17) is 5.11 Å². The molecule has 0 bridgehead atoms. The van der Waals surface area contributed by atoms with Crippen LogP contribution in [0.2, 0.25) is 0 Å². The van der Waals surface area contributed by atoms with Crippen molar-refractivity contribution in [1.82, 2.24) is 0 Å². The van der Waals surface area contributed by atoms with Gasteiger partial charge in [-0.1, -0.05) is 0 Å². The van der Waals surface area contributed by atoms with Crippen molar-refractivity contribution in [3.63, 3.8) is 0 Å². The minimum Gasteiger partial charge on any atom is -0.507 e. The third kappa shape index (κ3) is 1.49. The van der Waals surface area contributed by atoms with E-state index in [1.807, 2.05) is 6.92 Å². The normalized spacial score (nSPS) is 10.6. The molecule has 14 heavy (non-hydrogen) atoms. The lowest BCUT2D eigenvalue weighted by molar-refractivity contribution is 0.268. The lowest BCUT2D eigenvalue weighted by atomic mass is 9.93. The van der Waals surface area contributed by atoms with Crippen LogP contribution in [0.5, 0.6) is 5.75 Å². The smallest absolute Gasteiger partial charge is 0.124 e. The highest BCUT2D eigenvalue weighted by atomic mass is 16.3. The van der Waals surface area contributed by atoms with Crippen molar-refractivity contribution in [1.29, 1.82) is 0 Å². The van der Waals surface area contributed by atoms with Gasteiger partial charge in [-0.3, -0.25) is 0 Å². The molecule has 1 rings (SSSR count). The van der Waals surface area contributed by atoms with Gasteiger partial charge in [0.25, 0.3) is 0 Å². The Bertz CT molecular complexity index is 325. The first kappa shape index (κ1) is 11.0. The molecule has 0 unspecified atom stereocenters. The van der Waals surface area contributed by atoms with E-state index in [9.17, 15) is 10.2 Å². The zero-order chi connectivity index (χ0) is 10.9. The third-order valence-corrected chi connectivity index (χ3v) is 2.88. The van der Waals surface area contributed by atoms with E-state index in [1.165, 1.54) is 0 Å². The number of rotatable bonds is 2. The molecule has 0 radical (unpaired) electrons. The van der Waals surface area contributed by atoms with Gasteiger partial charge in [0.05, 0.1) is 13.2 Å². The molecule has 0 atom stereocenters. The Labute approximate surface area is 83.6 Å². The largest absolute Gasteiger partial charge is 0.507 e. The summed E-state index contributed by atoms with van der Waals surface area (Å²) in [5, 5.41) is 28.0. The molecule has 78 valence electrons. The number of aromatic hydroxyl groups is 1. The van der Waals surface area contributed by atoms with Crippen molar-refractivity contribution in [2.24, 2.45) is 0 Å². The Morgan fingerprint density at radius 1 is 0.786 bits per heavy atom. The van der Waals surface area contributed by atoms with Crippen LogP contribution in [0, 0.1) is 20.8 Å². The van der Waals surface area contributed by atoms with Crippen LogP contribution in [-0.4, -0.2) is 15.3 Å². The van der Waals surface area contributed by atoms with Crippen molar-refractivity contribution in [3.05, 3.63) is 27.8 Å². The molecular weight excluding hydrogens is 180 g/mol. The zero-order valence-corrected chi connectivity index (χ0v) is 8.76. The molecule has 0 aliphatic rings. The van der Waals surface area contributed by atoms with Crippen molar-refractivity contribution >= 4 is 0 Å². The van der Waals surface area contributed by atoms with Gasteiger partial charge in [-0.2, -0.15) is 0 Å². The number of benzene rings is 1. The van der Waals surface area contributed by atoms with Crippen LogP contribution in [0.3, 0.4) is 0 Å². The quantitative estimate of drug-likeness (QED) is 0.668. The van der Waals surface area contributed by atoms with E-state index < -0.39 is 0 Å². The number of phenols is 1. The van der Waals surface area contributed by atoms with Gasteiger partial charge in [-0.15, -0.1) is 0 Å². The molecule has 3 heteroatoms. The highest BCUT2D eigenvalue weighted by Crippen LogP contribution is 2.31. The van der Waals surface area contributed by atoms with Gasteiger partial charge in [-0.25, -0.2) is 0 Å². The van der Waals surface area contributed by atoms with Crippen molar-refractivity contribution in [2.45, 2.75) is 34.0 Å². The summed E-state index contributed by atoms with van der Waals surface area (Å²) < 4.78 is 0. The van der Waals surface area contributed by atoms with Gasteiger partial charge in [0.2, 0.25) is 0 Å². The van der Waals surface area contributed by atoms with Crippen LogP contribution in [0.15, 0.2) is 0 Å². The van der Waals surface area contributed by atoms with Crippen LogP contribution < -0.4 is 0 Å². The topological polar surface area (TPSA) is 60.7 Å². The molecule has 3 nitrogen and oxygen atoms in total. The molecule has 0 aliphatic carbocycles. The number of aliphatic hydroxyl groups excluding tert-OH is 2. The average Bonchev–Trinajstić information content (AvgIpc) is 2.16. The van der Waals surface area contributed by atoms with Gasteiger partial charge in [0.1, 0.15) is 5.75 Å². The van der Waals surface area contributed by atoms with E-state index in [2.05, 4.69) is 0 Å². The molecule has 0 saturated heterocycles. The standard InChI is InChI=1S/C11H16O3/c1-6-7(2)11(14)10(5-13)8(3)9(6)4-12/h12-14H,4-5H2,1-3H3. The molecule has 0 amide bonds. The molecule has 3 N–H and O–H groups in total. The summed E-state index contributed by atoms with van der Waals surface area (Å²) in [7, 11) is 0. The highest BCUT2D eigenvalue weighted by Gasteiger charge is 2.15. The van der Waals surface area contributed by atoms with E-state index in [0.29, 0.717) is 5.56 Å². The number of hydrogen-bond donors (Lipinski definition) is 3. The molecule has 0 spiro atoms. The van der Waals surface area contributed by atoms with E-state index in [1.54, 1.807) is 13.8 Å². The second kappa shape index (κ2) is 3.98. The summed E-state index contributed by atoms with van der Waals surface area (Å²) >= 11 is 0. The second-order valence-electron chi connectivity index (χ2n) is 3.50. The highest BCUT2D eigenvalue weighted by molar-refractivity contribution is 5.53. The first-order valence-corrected chi connectivity index (χ1v) is 4.56. The Morgan fingerprint density at radius 3 is 1.71 bits per heavy atom. The van der Waals surface area contributed by atoms with Crippen LogP contribution >= 0.6 is 0 Å². The summed E-state index contributed by atoms with van der Waals surface area (Å²) in [4.78, 5) is 0. The fraction of sp³-hybridized carbons (Fsp3) is 0.455. The summed E-state index contributed by atoms with van der Waals surface area (Å²) in [6, 6.07) is 0. The molecular formula is C11H16O3. The number of hydrogen-bond acceptors (Lipinski definition) is 3. The fourth-order valence-electron chi connectivity index (χ4n) is 1.70. The van der Waals surface area contributed by atoms with Crippen LogP contribution in [0.4, 0.5) is 0 Å². The maximum absolute atomic E-state index is 9.74. The van der Waals surface area contributed by atoms with Crippen molar-refractivity contribution in [2.75, 3.05) is 0 Å². The maximum Gasteiger partial charge on any atom is 0.124 e. The molecule has 0 aromatic heterocycles. The third-order valence-electron chi connectivity index (χ3n) is 2.88. The second-order valence-corrected chi connectivity index (χ2v) is 3.50. The van der Waals surface area contributed by atoms with Gasteiger partial charge >= 0.3 is 0 Å². The Balaban J connectivity index is 3.56. The lowest BCUT2D eigenvalue weighted by Crippen LogP contribution is -2.02. The lowest BCUT2D eigenvalue weighted by Gasteiger charge is -2.16. The molecule has 0 saturated carbocycles. The van der Waals surface area contributed by atoms with Crippen molar-refractivity contribution < 1.29 is 15.3 Å². The van der Waals surface area contributed by atoms with Gasteiger partial charge in [0, 0.05) is 5.56 Å². The van der Waals surface area contributed by atoms with Crippen LogP contribution in [-0.2, 0) is 13.2 Å². The molecule has 0 fully saturated rings. The first-order valence-electron chi connectivity index (χ1n) is 4.56. The van der Waals surface area contributed by atoms with Gasteiger partial charge in [-0.05, 0) is 43.0 Å². The Kier molecular flexibility index (Phi) is 3.13. The number of aliphatic hydroxyl groups is 2. The molecule has 0 aliphatic heterocycles. The predicted octanol–water partition coefficient (Wildman–Crippen LogP) is 1.30. The zero-order valence-electron chi connectivity index (χ0n) is 8.76. The Hall–Kier alpha value is -1.06. The molecule has 1 aromatic rings. The minimum absolute atomic E-state index is 0.0637. The fourth-order valence-corrected chi connectivity index (χ4v) is 1.70. The van der Waals surface area contributed by atoms with Crippen LogP contribution in [0.1, 0.15) is 27.8 Å². The summed E-state index contributed by atoms with van der Waals surface area (Å²) in [5.41, 5.74) is 3.69. The minimum atomic E-state index is -0.203. The maximum atomic E-state index is 9.74. The summed E-state index contributed by atoms with van der Waals surface area (Å²) in [6.07, 6.45) is 0. The first-order chi connectivity index (χ1) is 6.54. The SMILES string of the molecule is Cc1c(C)c(CO)c(C)c(CO)c1O. The van der Waals surface area contributed by atoms with Crippen molar-refractivity contribution in [3.8, 4) is 5.75 Å². The predicted molar refractivity (Wildman–Crippen MR) is 54.2 cm³/mol. The van der Waals surface area contributed by atoms with Crippen LogP contribution in [0.25, 0.3) is 0 Å². The van der Waals surface area contributed by atoms with Gasteiger partial charge in [0.15, 0.2) is 0 Å².